The second kappa shape index (κ2) is 10.3. The Morgan fingerprint density at radius 1 is 0.892 bits per heavy atom. The molecule has 0 aromatic heterocycles. The first-order chi connectivity index (χ1) is 17.5. The molecule has 3 aromatic rings. The van der Waals surface area contributed by atoms with Crippen molar-refractivity contribution >= 4 is 40.5 Å². The van der Waals surface area contributed by atoms with Crippen LogP contribution in [0.3, 0.4) is 0 Å². The zero-order chi connectivity index (χ0) is 26.7. The van der Waals surface area contributed by atoms with Crippen molar-refractivity contribution in [1.29, 1.82) is 0 Å². The minimum Gasteiger partial charge on any atom is -0.406 e. The lowest BCUT2D eigenvalue weighted by atomic mass is 10.2. The van der Waals surface area contributed by atoms with E-state index < -0.39 is 36.3 Å². The molecule has 1 heterocycles. The summed E-state index contributed by atoms with van der Waals surface area (Å²) >= 11 is 0. The summed E-state index contributed by atoms with van der Waals surface area (Å²) in [5.41, 5.74) is 1.79. The average molecular weight is 512 g/mol. The molecule has 1 aliphatic rings. The van der Waals surface area contributed by atoms with E-state index in [0.717, 1.165) is 12.1 Å². The maximum Gasteiger partial charge on any atom is 0.573 e. The van der Waals surface area contributed by atoms with Gasteiger partial charge in [-0.1, -0.05) is 30.3 Å². The first-order valence-electron chi connectivity index (χ1n) is 11.5. The minimum absolute atomic E-state index is 0.340. The summed E-state index contributed by atoms with van der Waals surface area (Å²) in [6, 6.07) is 20.3. The van der Waals surface area contributed by atoms with Crippen LogP contribution in [0.1, 0.15) is 20.3 Å². The molecule has 0 saturated heterocycles. The highest BCUT2D eigenvalue weighted by molar-refractivity contribution is 6.19. The Labute approximate surface area is 211 Å². The van der Waals surface area contributed by atoms with Crippen molar-refractivity contribution in [2.75, 3.05) is 21.2 Å². The number of fused-ring (bicyclic) bond motifs is 1. The van der Waals surface area contributed by atoms with Crippen LogP contribution in [0.2, 0.25) is 0 Å². The van der Waals surface area contributed by atoms with E-state index in [9.17, 15) is 27.6 Å². The summed E-state index contributed by atoms with van der Waals surface area (Å²) in [6.07, 6.45) is -5.28. The van der Waals surface area contributed by atoms with E-state index >= 15 is 0 Å². The van der Waals surface area contributed by atoms with Crippen LogP contribution >= 0.6 is 0 Å². The van der Waals surface area contributed by atoms with Gasteiger partial charge in [0.05, 0.1) is 11.4 Å². The Hall–Kier alpha value is -4.34. The van der Waals surface area contributed by atoms with Crippen molar-refractivity contribution in [2.24, 2.45) is 0 Å². The van der Waals surface area contributed by atoms with E-state index in [1.807, 2.05) is 6.07 Å². The van der Waals surface area contributed by atoms with E-state index in [1.54, 1.807) is 62.4 Å². The number of ether oxygens (including phenoxy) is 1. The highest BCUT2D eigenvalue weighted by atomic mass is 19.4. The second-order valence-corrected chi connectivity index (χ2v) is 8.61. The number of nitrogens with zero attached hydrogens (tertiary/aromatic N) is 3. The van der Waals surface area contributed by atoms with Crippen molar-refractivity contribution in [3.63, 3.8) is 0 Å². The molecule has 0 saturated carbocycles. The van der Waals surface area contributed by atoms with Crippen LogP contribution in [0.25, 0.3) is 0 Å². The maximum absolute atomic E-state index is 13.5. The molecule has 4 rings (SSSR count). The Bertz CT molecular complexity index is 1290. The third kappa shape index (κ3) is 5.74. The first kappa shape index (κ1) is 25.7. The number of benzene rings is 3. The van der Waals surface area contributed by atoms with E-state index in [2.05, 4.69) is 4.74 Å². The Morgan fingerprint density at radius 3 is 2.08 bits per heavy atom. The molecule has 37 heavy (non-hydrogen) atoms. The number of hydrogen-bond acceptors (Lipinski definition) is 4. The minimum atomic E-state index is -4.83. The number of hydrogen-bond donors (Lipinski definition) is 0. The second-order valence-electron chi connectivity index (χ2n) is 8.61. The third-order valence-corrected chi connectivity index (χ3v) is 5.71. The normalized spacial score (nSPS) is 13.9. The van der Waals surface area contributed by atoms with Gasteiger partial charge in [-0.05, 0) is 62.4 Å². The molecule has 3 aromatic carbocycles. The summed E-state index contributed by atoms with van der Waals surface area (Å²) in [4.78, 5) is 43.9. The molecule has 0 N–H and O–H groups in total. The lowest BCUT2D eigenvalue weighted by Gasteiger charge is -2.31. The van der Waals surface area contributed by atoms with Gasteiger partial charge in [0.2, 0.25) is 17.7 Å². The molecule has 0 radical (unpaired) electrons. The first-order valence-corrected chi connectivity index (χ1v) is 11.5. The standard InChI is InChI=1S/C27H24F3N3O4/c1-18(2)32(20-12-14-21(15-13-20)37-27(28,29)30)26(36)17-31-22-10-6-7-11-23(22)33(25(35)16-24(31)34)19-8-4-3-5-9-19/h3-15,18H,16-17H2,1-2H3. The van der Waals surface area contributed by atoms with Crippen molar-refractivity contribution in [1.82, 2.24) is 0 Å². The molecule has 7 nitrogen and oxygen atoms in total. The van der Waals surface area contributed by atoms with Gasteiger partial charge in [0.15, 0.2) is 0 Å². The number of carbonyl (C=O) groups excluding carboxylic acids is 3. The zero-order valence-corrected chi connectivity index (χ0v) is 20.1. The predicted octanol–water partition coefficient (Wildman–Crippen LogP) is 5.43. The molecule has 192 valence electrons. The van der Waals surface area contributed by atoms with Crippen LogP contribution in [0.5, 0.6) is 5.75 Å². The van der Waals surface area contributed by atoms with E-state index in [0.29, 0.717) is 22.7 Å². The monoisotopic (exact) mass is 511 g/mol. The average Bonchev–Trinajstić information content (AvgIpc) is 2.93. The molecule has 0 unspecified atom stereocenters. The number of carbonyl (C=O) groups is 3. The predicted molar refractivity (Wildman–Crippen MR) is 133 cm³/mol. The number of rotatable bonds is 6. The smallest absolute Gasteiger partial charge is 0.406 e. The Morgan fingerprint density at radius 2 is 1.49 bits per heavy atom. The van der Waals surface area contributed by atoms with Crippen molar-refractivity contribution < 1.29 is 32.3 Å². The Kier molecular flexibility index (Phi) is 7.19. The van der Waals surface area contributed by atoms with Gasteiger partial charge < -0.3 is 14.5 Å². The zero-order valence-electron chi connectivity index (χ0n) is 20.1. The summed E-state index contributed by atoms with van der Waals surface area (Å²) in [7, 11) is 0. The van der Waals surface area contributed by atoms with Crippen molar-refractivity contribution in [3.05, 3.63) is 78.9 Å². The van der Waals surface area contributed by atoms with E-state index in [1.165, 1.54) is 26.8 Å². The molecule has 1 aliphatic heterocycles. The molecule has 3 amide bonds. The summed E-state index contributed by atoms with van der Waals surface area (Å²) < 4.78 is 41.5. The highest BCUT2D eigenvalue weighted by Gasteiger charge is 2.35. The molecule has 0 aliphatic carbocycles. The molecule has 0 bridgehead atoms. The number of anilines is 4. The third-order valence-electron chi connectivity index (χ3n) is 5.71. The summed E-state index contributed by atoms with van der Waals surface area (Å²) in [5, 5.41) is 0. The lowest BCUT2D eigenvalue weighted by molar-refractivity contribution is -0.274. The van der Waals surface area contributed by atoms with Gasteiger partial charge >= 0.3 is 6.36 Å². The van der Waals surface area contributed by atoms with Crippen LogP contribution < -0.4 is 19.4 Å². The Balaban J connectivity index is 1.65. The molecule has 0 atom stereocenters. The van der Waals surface area contributed by atoms with Gasteiger partial charge in [-0.15, -0.1) is 13.2 Å². The summed E-state index contributed by atoms with van der Waals surface area (Å²) in [5.74, 6) is -1.85. The van der Waals surface area contributed by atoms with Gasteiger partial charge in [-0.3, -0.25) is 19.3 Å². The largest absolute Gasteiger partial charge is 0.573 e. The fourth-order valence-corrected chi connectivity index (χ4v) is 4.24. The number of halogens is 3. The van der Waals surface area contributed by atoms with Crippen LogP contribution in [0, 0.1) is 0 Å². The SMILES string of the molecule is CC(C)N(C(=O)CN1C(=O)CC(=O)N(c2ccccc2)c2ccccc21)c1ccc(OC(F)(F)F)cc1. The van der Waals surface area contributed by atoms with Gasteiger partial charge in [0.1, 0.15) is 18.7 Å². The van der Waals surface area contributed by atoms with Gasteiger partial charge in [0, 0.05) is 17.4 Å². The number of para-hydroxylation sites is 3. The molecular formula is C27H24F3N3O4. The molecule has 10 heteroatoms. The van der Waals surface area contributed by atoms with Crippen molar-refractivity contribution in [2.45, 2.75) is 32.7 Å². The van der Waals surface area contributed by atoms with Crippen LogP contribution in [-0.4, -0.2) is 36.7 Å². The van der Waals surface area contributed by atoms with Gasteiger partial charge in [-0.2, -0.15) is 0 Å². The lowest BCUT2D eigenvalue weighted by Crippen LogP contribution is -2.46. The van der Waals surface area contributed by atoms with Crippen molar-refractivity contribution in [3.8, 4) is 5.75 Å². The number of amides is 3. The topological polar surface area (TPSA) is 70.2 Å². The van der Waals surface area contributed by atoms with Gasteiger partial charge in [0.25, 0.3) is 0 Å². The number of alkyl halides is 3. The quantitative estimate of drug-likeness (QED) is 0.414. The molecular weight excluding hydrogens is 487 g/mol. The van der Waals surface area contributed by atoms with Gasteiger partial charge in [-0.25, -0.2) is 0 Å². The van der Waals surface area contributed by atoms with E-state index in [-0.39, 0.29) is 12.6 Å². The molecule has 0 spiro atoms. The van der Waals surface area contributed by atoms with Crippen LogP contribution in [-0.2, 0) is 14.4 Å². The maximum atomic E-state index is 13.5. The fourth-order valence-electron chi connectivity index (χ4n) is 4.24. The van der Waals surface area contributed by atoms with E-state index in [4.69, 9.17) is 0 Å². The fraction of sp³-hybridized carbons (Fsp3) is 0.222. The molecule has 0 fully saturated rings. The highest BCUT2D eigenvalue weighted by Crippen LogP contribution is 2.38. The van der Waals surface area contributed by atoms with Crippen LogP contribution in [0.15, 0.2) is 78.9 Å². The summed E-state index contributed by atoms with van der Waals surface area (Å²) in [6.45, 7) is 3.12. The van der Waals surface area contributed by atoms with Crippen LogP contribution in [0.4, 0.5) is 35.9 Å².